The lowest BCUT2D eigenvalue weighted by Crippen LogP contribution is -2.06. The zero-order valence-electron chi connectivity index (χ0n) is 11.0. The summed E-state index contributed by atoms with van der Waals surface area (Å²) in [4.78, 5) is 0.954. The van der Waals surface area contributed by atoms with Crippen molar-refractivity contribution in [3.8, 4) is 0 Å². The van der Waals surface area contributed by atoms with Crippen molar-refractivity contribution in [1.82, 2.24) is 0 Å². The molecule has 1 aromatic carbocycles. The maximum absolute atomic E-state index is 13.9. The Bertz CT molecular complexity index is 556. The van der Waals surface area contributed by atoms with Crippen molar-refractivity contribution in [3.63, 3.8) is 0 Å². The molecule has 0 bridgehead atoms. The van der Waals surface area contributed by atoms with E-state index in [9.17, 15) is 4.39 Å². The summed E-state index contributed by atoms with van der Waals surface area (Å²) in [6.45, 7) is 4.74. The smallest absolute Gasteiger partial charge is 0.180 e. The highest BCUT2D eigenvalue weighted by molar-refractivity contribution is 7.10. The maximum atomic E-state index is 13.9. The second-order valence-corrected chi connectivity index (χ2v) is 8.63. The number of benzene rings is 1. The SMILES string of the molecule is C[SiH](C)OCc1cc(Cc2cccc(Cl)c2)c(F)s1. The fourth-order valence-electron chi connectivity index (χ4n) is 1.77. The molecule has 0 aliphatic heterocycles. The minimum atomic E-state index is -1.06. The molecule has 1 heterocycles. The van der Waals surface area contributed by atoms with E-state index in [-0.39, 0.29) is 5.13 Å². The number of rotatable bonds is 5. The molecule has 19 heavy (non-hydrogen) atoms. The first-order chi connectivity index (χ1) is 9.04. The molecule has 5 heteroatoms. The van der Waals surface area contributed by atoms with Crippen molar-refractivity contribution in [2.24, 2.45) is 0 Å². The van der Waals surface area contributed by atoms with Gasteiger partial charge in [-0.2, -0.15) is 4.39 Å². The molecule has 0 aliphatic carbocycles. The Morgan fingerprint density at radius 3 is 2.79 bits per heavy atom. The second-order valence-electron chi connectivity index (χ2n) is 4.68. The molecular weight excluding hydrogens is 299 g/mol. The third kappa shape index (κ3) is 4.42. The van der Waals surface area contributed by atoms with Crippen LogP contribution in [0.15, 0.2) is 30.3 Å². The van der Waals surface area contributed by atoms with Gasteiger partial charge in [-0.3, -0.25) is 0 Å². The molecule has 0 aliphatic rings. The van der Waals surface area contributed by atoms with Gasteiger partial charge in [0.05, 0.1) is 6.61 Å². The summed E-state index contributed by atoms with van der Waals surface area (Å²) < 4.78 is 19.5. The van der Waals surface area contributed by atoms with Crippen LogP contribution in [-0.4, -0.2) is 9.04 Å². The fourth-order valence-corrected chi connectivity index (χ4v) is 3.44. The molecule has 0 unspecified atom stereocenters. The fraction of sp³-hybridized carbons (Fsp3) is 0.286. The second kappa shape index (κ2) is 6.66. The van der Waals surface area contributed by atoms with Crippen LogP contribution in [-0.2, 0) is 17.5 Å². The number of halogens is 2. The van der Waals surface area contributed by atoms with Gasteiger partial charge in [0.1, 0.15) is 0 Å². The minimum absolute atomic E-state index is 0.121. The van der Waals surface area contributed by atoms with Crippen LogP contribution < -0.4 is 0 Å². The first kappa shape index (κ1) is 14.7. The van der Waals surface area contributed by atoms with Crippen molar-refractivity contribution in [2.45, 2.75) is 26.1 Å². The molecule has 102 valence electrons. The van der Waals surface area contributed by atoms with Crippen LogP contribution in [0.2, 0.25) is 18.1 Å². The molecule has 2 rings (SSSR count). The van der Waals surface area contributed by atoms with Gasteiger partial charge >= 0.3 is 0 Å². The van der Waals surface area contributed by atoms with E-state index < -0.39 is 9.04 Å². The predicted octanol–water partition coefficient (Wildman–Crippen LogP) is 4.63. The molecule has 0 N–H and O–H groups in total. The highest BCUT2D eigenvalue weighted by Gasteiger charge is 2.10. The Morgan fingerprint density at radius 1 is 1.32 bits per heavy atom. The van der Waals surface area contributed by atoms with Crippen LogP contribution in [0.1, 0.15) is 16.0 Å². The van der Waals surface area contributed by atoms with E-state index in [1.165, 1.54) is 11.3 Å². The van der Waals surface area contributed by atoms with Crippen LogP contribution in [0.3, 0.4) is 0 Å². The van der Waals surface area contributed by atoms with Crippen LogP contribution in [0, 0.1) is 5.13 Å². The van der Waals surface area contributed by atoms with Gasteiger partial charge in [-0.05, 0) is 36.9 Å². The Labute approximate surface area is 123 Å². The third-order valence-corrected chi connectivity index (χ3v) is 4.66. The normalized spacial score (nSPS) is 11.2. The average Bonchev–Trinajstić information content (AvgIpc) is 2.68. The van der Waals surface area contributed by atoms with Crippen molar-refractivity contribution < 1.29 is 8.82 Å². The summed E-state index contributed by atoms with van der Waals surface area (Å²) in [6, 6.07) is 9.44. The number of hydrogen-bond acceptors (Lipinski definition) is 2. The van der Waals surface area contributed by atoms with Crippen LogP contribution in [0.5, 0.6) is 0 Å². The number of thiophene rings is 1. The lowest BCUT2D eigenvalue weighted by molar-refractivity contribution is 0.318. The largest absolute Gasteiger partial charge is 0.415 e. The van der Waals surface area contributed by atoms with E-state index in [0.717, 1.165) is 16.0 Å². The Balaban J connectivity index is 2.08. The van der Waals surface area contributed by atoms with Crippen molar-refractivity contribution in [2.75, 3.05) is 0 Å². The molecule has 0 fully saturated rings. The van der Waals surface area contributed by atoms with E-state index in [2.05, 4.69) is 13.1 Å². The van der Waals surface area contributed by atoms with Gasteiger partial charge in [0.25, 0.3) is 0 Å². The molecule has 0 radical (unpaired) electrons. The third-order valence-electron chi connectivity index (χ3n) is 2.65. The average molecular weight is 315 g/mol. The van der Waals surface area contributed by atoms with Gasteiger partial charge in [-0.1, -0.05) is 23.7 Å². The van der Waals surface area contributed by atoms with Gasteiger partial charge in [0.15, 0.2) is 14.2 Å². The van der Waals surface area contributed by atoms with Gasteiger partial charge in [0, 0.05) is 21.9 Å². The predicted molar refractivity (Wildman–Crippen MR) is 82.2 cm³/mol. The summed E-state index contributed by atoms with van der Waals surface area (Å²) in [6.07, 6.45) is 0.571. The van der Waals surface area contributed by atoms with Gasteiger partial charge < -0.3 is 4.43 Å². The lowest BCUT2D eigenvalue weighted by Gasteiger charge is -2.03. The molecular formula is C14H16ClFOSSi. The van der Waals surface area contributed by atoms with Crippen molar-refractivity contribution in [1.29, 1.82) is 0 Å². The molecule has 0 amide bonds. The quantitative estimate of drug-likeness (QED) is 0.731. The molecule has 0 atom stereocenters. The molecule has 0 saturated carbocycles. The topological polar surface area (TPSA) is 9.23 Å². The molecule has 2 aromatic rings. The zero-order valence-corrected chi connectivity index (χ0v) is 13.7. The molecule has 0 spiro atoms. The van der Waals surface area contributed by atoms with E-state index in [1.54, 1.807) is 0 Å². The zero-order chi connectivity index (χ0) is 13.8. The Hall–Kier alpha value is -0.683. The standard InChI is InChI=1S/C14H16ClFOSSi/c1-19(2)17-9-13-8-11(14(16)18-13)6-10-4-3-5-12(15)7-10/h3-5,7-8,19H,6,9H2,1-2H3. The Kier molecular flexibility index (Phi) is 5.16. The maximum Gasteiger partial charge on any atom is 0.180 e. The van der Waals surface area contributed by atoms with E-state index in [1.807, 2.05) is 30.3 Å². The van der Waals surface area contributed by atoms with Crippen LogP contribution in [0.25, 0.3) is 0 Å². The van der Waals surface area contributed by atoms with E-state index in [0.29, 0.717) is 18.1 Å². The van der Waals surface area contributed by atoms with Gasteiger partial charge in [-0.15, -0.1) is 11.3 Å². The van der Waals surface area contributed by atoms with Crippen LogP contribution in [0.4, 0.5) is 4.39 Å². The number of hydrogen-bond donors (Lipinski definition) is 0. The van der Waals surface area contributed by atoms with Gasteiger partial charge in [-0.25, -0.2) is 0 Å². The van der Waals surface area contributed by atoms with Crippen LogP contribution >= 0.6 is 22.9 Å². The Morgan fingerprint density at radius 2 is 2.11 bits per heavy atom. The van der Waals surface area contributed by atoms with Crippen molar-refractivity contribution >= 4 is 32.0 Å². The first-order valence-corrected chi connectivity index (χ1v) is 10.1. The lowest BCUT2D eigenvalue weighted by atomic mass is 10.1. The molecule has 1 nitrogen and oxygen atoms in total. The minimum Gasteiger partial charge on any atom is -0.415 e. The first-order valence-electron chi connectivity index (χ1n) is 6.17. The molecule has 1 aromatic heterocycles. The summed E-state index contributed by atoms with van der Waals surface area (Å²) in [5, 5.41) is 0.562. The highest BCUT2D eigenvalue weighted by atomic mass is 35.5. The highest BCUT2D eigenvalue weighted by Crippen LogP contribution is 2.25. The molecule has 0 saturated heterocycles. The summed E-state index contributed by atoms with van der Waals surface area (Å²) in [5.41, 5.74) is 1.74. The monoisotopic (exact) mass is 314 g/mol. The van der Waals surface area contributed by atoms with E-state index >= 15 is 0 Å². The van der Waals surface area contributed by atoms with Crippen molar-refractivity contribution in [3.05, 3.63) is 56.5 Å². The van der Waals surface area contributed by atoms with E-state index in [4.69, 9.17) is 16.0 Å². The summed E-state index contributed by atoms with van der Waals surface area (Å²) in [7, 11) is -1.06. The summed E-state index contributed by atoms with van der Waals surface area (Å²) in [5.74, 6) is 0. The van der Waals surface area contributed by atoms with Gasteiger partial charge in [0.2, 0.25) is 0 Å². The summed E-state index contributed by atoms with van der Waals surface area (Å²) >= 11 is 7.11.